The number of aromatic nitrogens is 3. The van der Waals surface area contributed by atoms with Gasteiger partial charge < -0.3 is 14.5 Å². The third-order valence-electron chi connectivity index (χ3n) is 5.19. The predicted octanol–water partition coefficient (Wildman–Crippen LogP) is 2.81. The first-order chi connectivity index (χ1) is 14.2. The van der Waals surface area contributed by atoms with Crippen LogP contribution < -0.4 is 0 Å². The Morgan fingerprint density at radius 1 is 1.23 bits per heavy atom. The van der Waals surface area contributed by atoms with E-state index in [1.54, 1.807) is 26.9 Å². The summed E-state index contributed by atoms with van der Waals surface area (Å²) in [4.78, 5) is 33.3. The van der Waals surface area contributed by atoms with Crippen LogP contribution in [0.2, 0.25) is 0 Å². The fourth-order valence-corrected chi connectivity index (χ4v) is 3.61. The summed E-state index contributed by atoms with van der Waals surface area (Å²) in [5.74, 6) is -0.102. The van der Waals surface area contributed by atoms with Crippen molar-refractivity contribution in [3.63, 3.8) is 0 Å². The minimum atomic E-state index is -0.559. The van der Waals surface area contributed by atoms with E-state index < -0.39 is 5.60 Å². The maximum Gasteiger partial charge on any atom is 0.410 e. The van der Waals surface area contributed by atoms with Gasteiger partial charge in [-0.2, -0.15) is 5.10 Å². The Bertz CT molecular complexity index is 901. The normalized spacial score (nSPS) is 13.7. The number of nitrogens with zero attached hydrogens (tertiary/aromatic N) is 5. The summed E-state index contributed by atoms with van der Waals surface area (Å²) in [5.41, 5.74) is 2.83. The van der Waals surface area contributed by atoms with Gasteiger partial charge in [0.05, 0.1) is 6.54 Å². The van der Waals surface area contributed by atoms with E-state index in [0.717, 1.165) is 23.2 Å². The monoisotopic (exact) mass is 413 g/mol. The van der Waals surface area contributed by atoms with E-state index in [-0.39, 0.29) is 12.0 Å². The minimum Gasteiger partial charge on any atom is -0.444 e. The first-order valence-electron chi connectivity index (χ1n) is 10.4. The topological polar surface area (TPSA) is 80.6 Å². The highest BCUT2D eigenvalue weighted by Gasteiger charge is 2.32. The van der Waals surface area contributed by atoms with E-state index in [2.05, 4.69) is 10.1 Å². The highest BCUT2D eigenvalue weighted by molar-refractivity contribution is 5.94. The average molecular weight is 414 g/mol. The largest absolute Gasteiger partial charge is 0.444 e. The molecule has 0 bridgehead atoms. The zero-order chi connectivity index (χ0) is 21.9. The summed E-state index contributed by atoms with van der Waals surface area (Å²) in [6.07, 6.45) is 4.55. The number of pyridine rings is 1. The maximum absolute atomic E-state index is 13.3. The Kier molecular flexibility index (Phi) is 6.43. The molecule has 0 N–H and O–H groups in total. The Labute approximate surface area is 177 Å². The second-order valence-corrected chi connectivity index (χ2v) is 8.54. The highest BCUT2D eigenvalue weighted by atomic mass is 16.6. The summed E-state index contributed by atoms with van der Waals surface area (Å²) in [7, 11) is 1.85. The zero-order valence-electron chi connectivity index (χ0n) is 18.5. The van der Waals surface area contributed by atoms with E-state index in [9.17, 15) is 9.59 Å². The Balaban J connectivity index is 1.76. The van der Waals surface area contributed by atoms with Crippen LogP contribution in [0.25, 0.3) is 0 Å². The van der Waals surface area contributed by atoms with Crippen LogP contribution in [0.15, 0.2) is 24.5 Å². The van der Waals surface area contributed by atoms with Crippen molar-refractivity contribution in [2.75, 3.05) is 19.6 Å². The smallest absolute Gasteiger partial charge is 0.410 e. The van der Waals surface area contributed by atoms with Crippen molar-refractivity contribution in [2.45, 2.75) is 52.7 Å². The van der Waals surface area contributed by atoms with Crippen molar-refractivity contribution in [2.24, 2.45) is 7.05 Å². The summed E-state index contributed by atoms with van der Waals surface area (Å²) >= 11 is 0. The van der Waals surface area contributed by atoms with E-state index in [1.165, 1.54) is 0 Å². The third kappa shape index (κ3) is 4.98. The number of hydrogen-bond donors (Lipinski definition) is 0. The number of hydrogen-bond acceptors (Lipinski definition) is 5. The molecule has 0 saturated heterocycles. The minimum absolute atomic E-state index is 0.102. The molecule has 2 aromatic heterocycles. The lowest BCUT2D eigenvalue weighted by Crippen LogP contribution is -2.41. The molecule has 2 amide bonds. The Morgan fingerprint density at radius 3 is 2.57 bits per heavy atom. The lowest BCUT2D eigenvalue weighted by atomic mass is 10.0. The lowest BCUT2D eigenvalue weighted by Gasteiger charge is -2.30. The molecule has 0 fully saturated rings. The van der Waals surface area contributed by atoms with Gasteiger partial charge in [0.15, 0.2) is 5.69 Å². The number of carbonyl (C=O) groups excluding carboxylic acids is 2. The second kappa shape index (κ2) is 8.85. The predicted molar refractivity (Wildman–Crippen MR) is 113 cm³/mol. The van der Waals surface area contributed by atoms with E-state index in [4.69, 9.17) is 4.74 Å². The standard InChI is InChI=1S/C22H31N5O3/c1-6-26(13-9-16-7-11-23-12-8-16)20(28)19-17-15-27(21(29)30-22(2,3)4)14-10-18(17)25(5)24-19/h7-8,11-12H,6,9-10,13-15H2,1-5H3. The van der Waals surface area contributed by atoms with Gasteiger partial charge in [-0.05, 0) is 51.8 Å². The van der Waals surface area contributed by atoms with Crippen molar-refractivity contribution in [3.8, 4) is 0 Å². The number of ether oxygens (including phenoxy) is 1. The SMILES string of the molecule is CCN(CCc1ccncc1)C(=O)c1nn(C)c2c1CN(C(=O)OC(C)(C)C)CC2. The van der Waals surface area contributed by atoms with Crippen LogP contribution in [0.3, 0.4) is 0 Å². The van der Waals surface area contributed by atoms with E-state index in [0.29, 0.717) is 38.3 Å². The fourth-order valence-electron chi connectivity index (χ4n) is 3.61. The molecule has 1 aliphatic heterocycles. The summed E-state index contributed by atoms with van der Waals surface area (Å²) < 4.78 is 7.28. The van der Waals surface area contributed by atoms with Crippen molar-refractivity contribution in [3.05, 3.63) is 47.0 Å². The number of rotatable bonds is 5. The number of amides is 2. The number of likely N-dealkylation sites (N-methyl/N-ethyl adjacent to an activating group) is 1. The van der Waals surface area contributed by atoms with Crippen LogP contribution >= 0.6 is 0 Å². The van der Waals surface area contributed by atoms with Gasteiger partial charge in [0.25, 0.3) is 5.91 Å². The molecule has 0 unspecified atom stereocenters. The van der Waals surface area contributed by atoms with Crippen LogP contribution in [0.5, 0.6) is 0 Å². The van der Waals surface area contributed by atoms with E-state index in [1.807, 2.05) is 46.9 Å². The van der Waals surface area contributed by atoms with Crippen LogP contribution in [0.1, 0.15) is 55.0 Å². The molecule has 0 spiro atoms. The van der Waals surface area contributed by atoms with Crippen molar-refractivity contribution < 1.29 is 14.3 Å². The quantitative estimate of drug-likeness (QED) is 0.753. The molecule has 1 aliphatic rings. The molecule has 30 heavy (non-hydrogen) atoms. The van der Waals surface area contributed by atoms with Gasteiger partial charge in [-0.25, -0.2) is 4.79 Å². The first-order valence-corrected chi connectivity index (χ1v) is 10.4. The van der Waals surface area contributed by atoms with Crippen LogP contribution in [0, 0.1) is 0 Å². The fraction of sp³-hybridized carbons (Fsp3) is 0.545. The highest BCUT2D eigenvalue weighted by Crippen LogP contribution is 2.25. The van der Waals surface area contributed by atoms with Crippen molar-refractivity contribution >= 4 is 12.0 Å². The number of fused-ring (bicyclic) bond motifs is 1. The van der Waals surface area contributed by atoms with Gasteiger partial charge in [-0.3, -0.25) is 14.5 Å². The van der Waals surface area contributed by atoms with Gasteiger partial charge in [0, 0.05) is 56.8 Å². The van der Waals surface area contributed by atoms with Crippen LogP contribution in [-0.4, -0.2) is 61.8 Å². The van der Waals surface area contributed by atoms with Crippen LogP contribution in [0.4, 0.5) is 4.79 Å². The Hall–Kier alpha value is -2.90. The van der Waals surface area contributed by atoms with Gasteiger partial charge in [0.1, 0.15) is 5.60 Å². The molecule has 8 nitrogen and oxygen atoms in total. The van der Waals surface area contributed by atoms with Gasteiger partial charge >= 0.3 is 6.09 Å². The molecule has 162 valence electrons. The molecule has 3 rings (SSSR count). The summed E-state index contributed by atoms with van der Waals surface area (Å²) in [5, 5.41) is 4.52. The molecule has 0 radical (unpaired) electrons. The molecule has 0 aliphatic carbocycles. The number of aryl methyl sites for hydroxylation is 1. The molecule has 0 aromatic carbocycles. The number of carbonyl (C=O) groups is 2. The third-order valence-corrected chi connectivity index (χ3v) is 5.19. The average Bonchev–Trinajstić information content (AvgIpc) is 3.04. The summed E-state index contributed by atoms with van der Waals surface area (Å²) in [6, 6.07) is 3.92. The first kappa shape index (κ1) is 21.8. The molecule has 8 heteroatoms. The van der Waals surface area contributed by atoms with Crippen LogP contribution in [-0.2, 0) is 31.2 Å². The van der Waals surface area contributed by atoms with Gasteiger partial charge in [-0.1, -0.05) is 0 Å². The lowest BCUT2D eigenvalue weighted by molar-refractivity contribution is 0.0221. The molecular weight excluding hydrogens is 382 g/mol. The molecule has 0 saturated carbocycles. The van der Waals surface area contributed by atoms with Gasteiger partial charge in [0.2, 0.25) is 0 Å². The Morgan fingerprint density at radius 2 is 1.93 bits per heavy atom. The molecular formula is C22H31N5O3. The molecule has 0 atom stereocenters. The van der Waals surface area contributed by atoms with Crippen molar-refractivity contribution in [1.82, 2.24) is 24.6 Å². The summed E-state index contributed by atoms with van der Waals surface area (Å²) in [6.45, 7) is 9.58. The molecule has 3 heterocycles. The zero-order valence-corrected chi connectivity index (χ0v) is 18.5. The maximum atomic E-state index is 13.3. The second-order valence-electron chi connectivity index (χ2n) is 8.54. The van der Waals surface area contributed by atoms with E-state index >= 15 is 0 Å². The van der Waals surface area contributed by atoms with Gasteiger partial charge in [-0.15, -0.1) is 0 Å². The van der Waals surface area contributed by atoms with Crippen molar-refractivity contribution in [1.29, 1.82) is 0 Å². The molecule has 2 aromatic rings.